The predicted octanol–water partition coefficient (Wildman–Crippen LogP) is 1.38. The van der Waals surface area contributed by atoms with Crippen molar-refractivity contribution >= 4 is 11.8 Å². The minimum Gasteiger partial charge on any atom is -0.395 e. The summed E-state index contributed by atoms with van der Waals surface area (Å²) in [5.74, 6) is 0.710. The van der Waals surface area contributed by atoms with E-state index in [0.29, 0.717) is 37.6 Å². The van der Waals surface area contributed by atoms with Crippen LogP contribution in [0.25, 0.3) is 0 Å². The third-order valence-corrected chi connectivity index (χ3v) is 6.83. The lowest BCUT2D eigenvalue weighted by Gasteiger charge is -2.37. The van der Waals surface area contributed by atoms with Crippen molar-refractivity contribution in [3.05, 3.63) is 83.4 Å². The number of aliphatic hydroxyl groups is 1. The maximum absolute atomic E-state index is 13.4. The molecule has 202 valence electrons. The number of hydrogen-bond donors (Lipinski definition) is 4. The largest absolute Gasteiger partial charge is 0.395 e. The zero-order valence-electron chi connectivity index (χ0n) is 21.9. The Bertz CT molecular complexity index is 1230. The van der Waals surface area contributed by atoms with E-state index >= 15 is 0 Å². The summed E-state index contributed by atoms with van der Waals surface area (Å²) in [5.41, 5.74) is 6.01. The fourth-order valence-electron chi connectivity index (χ4n) is 4.70. The molecule has 0 saturated carbocycles. The van der Waals surface area contributed by atoms with Gasteiger partial charge >= 0.3 is 0 Å². The second-order valence-electron chi connectivity index (χ2n) is 10.2. The summed E-state index contributed by atoms with van der Waals surface area (Å²) >= 11 is 0. The number of carbonyl (C=O) groups excluding carboxylic acids is 2. The maximum Gasteiger partial charge on any atom is 0.240 e. The number of aromatic nitrogens is 3. The van der Waals surface area contributed by atoms with Gasteiger partial charge in [-0.2, -0.15) is 0 Å². The first kappa shape index (κ1) is 27.4. The average molecular weight is 521 g/mol. The van der Waals surface area contributed by atoms with Gasteiger partial charge in [-0.25, -0.2) is 0 Å². The number of benzene rings is 2. The molecule has 0 radical (unpaired) electrons. The van der Waals surface area contributed by atoms with Gasteiger partial charge in [-0.3, -0.25) is 9.59 Å². The van der Waals surface area contributed by atoms with Crippen LogP contribution in [-0.4, -0.2) is 57.0 Å². The second-order valence-corrected chi connectivity index (χ2v) is 10.2. The van der Waals surface area contributed by atoms with Crippen LogP contribution in [0.1, 0.15) is 49.1 Å². The van der Waals surface area contributed by atoms with Crippen LogP contribution in [-0.2, 0) is 39.3 Å². The first-order valence-corrected chi connectivity index (χ1v) is 12.8. The molecule has 10 nitrogen and oxygen atoms in total. The molecular weight excluding hydrogens is 484 g/mol. The molecule has 0 fully saturated rings. The Hall–Kier alpha value is -3.60. The second kappa shape index (κ2) is 11.8. The van der Waals surface area contributed by atoms with E-state index in [2.05, 4.69) is 20.8 Å². The standard InChI is InChI=1S/C28H36N6O4/c1-27(2,29)25(36)31-22(19-38-18-20-9-5-3-6-10-20)24-33-32-23-17-28(13-15-34(23)24,26(37)30-14-16-35)21-11-7-4-8-12-21/h3-12,22,35H,13-19,29H2,1-2H3,(H,30,37)(H,31,36)/t22-,28?/m1/s1. The van der Waals surface area contributed by atoms with Gasteiger partial charge in [-0.1, -0.05) is 60.7 Å². The van der Waals surface area contributed by atoms with E-state index in [0.717, 1.165) is 11.1 Å². The molecule has 1 unspecified atom stereocenters. The highest BCUT2D eigenvalue weighted by atomic mass is 16.5. The van der Waals surface area contributed by atoms with Gasteiger partial charge in [-0.05, 0) is 31.4 Å². The van der Waals surface area contributed by atoms with Crippen molar-refractivity contribution < 1.29 is 19.4 Å². The topological polar surface area (TPSA) is 144 Å². The molecule has 3 aromatic rings. The molecule has 2 aromatic carbocycles. The summed E-state index contributed by atoms with van der Waals surface area (Å²) < 4.78 is 7.94. The van der Waals surface area contributed by atoms with E-state index in [-0.39, 0.29) is 31.6 Å². The minimum atomic E-state index is -1.09. The summed E-state index contributed by atoms with van der Waals surface area (Å²) in [6.07, 6.45) is 0.829. The summed E-state index contributed by atoms with van der Waals surface area (Å²) in [5, 5.41) is 24.0. The van der Waals surface area contributed by atoms with E-state index in [4.69, 9.17) is 10.5 Å². The first-order chi connectivity index (χ1) is 18.2. The van der Waals surface area contributed by atoms with Crippen LogP contribution in [0.5, 0.6) is 0 Å². The van der Waals surface area contributed by atoms with E-state index < -0.39 is 17.0 Å². The Kier molecular flexibility index (Phi) is 8.55. The molecule has 1 aliphatic rings. The van der Waals surface area contributed by atoms with Gasteiger partial charge < -0.3 is 30.8 Å². The normalized spacial score (nSPS) is 17.9. The molecule has 38 heavy (non-hydrogen) atoms. The number of nitrogens with two attached hydrogens (primary N) is 1. The molecule has 0 aliphatic carbocycles. The van der Waals surface area contributed by atoms with E-state index in [1.165, 1.54) is 0 Å². The molecule has 10 heteroatoms. The van der Waals surface area contributed by atoms with Crippen LogP contribution in [0, 0.1) is 0 Å². The molecule has 2 heterocycles. The van der Waals surface area contributed by atoms with Gasteiger partial charge in [0.25, 0.3) is 0 Å². The van der Waals surface area contributed by atoms with Gasteiger partial charge in [0.05, 0.1) is 30.8 Å². The number of nitrogens with one attached hydrogen (secondary N) is 2. The molecule has 1 aromatic heterocycles. The average Bonchev–Trinajstić information content (AvgIpc) is 3.34. The highest BCUT2D eigenvalue weighted by Crippen LogP contribution is 2.37. The van der Waals surface area contributed by atoms with Gasteiger partial charge in [-0.15, -0.1) is 10.2 Å². The Morgan fingerprint density at radius 3 is 2.47 bits per heavy atom. The van der Waals surface area contributed by atoms with Crippen molar-refractivity contribution in [1.29, 1.82) is 0 Å². The van der Waals surface area contributed by atoms with Crippen molar-refractivity contribution in [3.63, 3.8) is 0 Å². The highest BCUT2D eigenvalue weighted by Gasteiger charge is 2.45. The van der Waals surface area contributed by atoms with E-state index in [1.54, 1.807) is 13.8 Å². The van der Waals surface area contributed by atoms with Gasteiger partial charge in [0, 0.05) is 19.5 Å². The van der Waals surface area contributed by atoms with E-state index in [1.807, 2.05) is 65.2 Å². The van der Waals surface area contributed by atoms with Gasteiger partial charge in [0.1, 0.15) is 11.9 Å². The van der Waals surface area contributed by atoms with Crippen LogP contribution in [0.2, 0.25) is 0 Å². The number of aliphatic hydroxyl groups excluding tert-OH is 1. The van der Waals surface area contributed by atoms with E-state index in [9.17, 15) is 14.7 Å². The summed E-state index contributed by atoms with van der Waals surface area (Å²) in [6, 6.07) is 18.8. The first-order valence-electron chi connectivity index (χ1n) is 12.8. The monoisotopic (exact) mass is 520 g/mol. The number of ether oxygens (including phenoxy) is 1. The Balaban J connectivity index is 1.61. The Morgan fingerprint density at radius 2 is 1.82 bits per heavy atom. The van der Waals surface area contributed by atoms with Gasteiger partial charge in [0.15, 0.2) is 5.82 Å². The number of carbonyl (C=O) groups is 2. The number of hydrogen-bond acceptors (Lipinski definition) is 7. The molecule has 0 spiro atoms. The molecular formula is C28H36N6O4. The zero-order valence-corrected chi connectivity index (χ0v) is 21.9. The van der Waals surface area contributed by atoms with Crippen LogP contribution in [0.15, 0.2) is 60.7 Å². The number of fused-ring (bicyclic) bond motifs is 1. The Labute approximate surface area is 222 Å². The predicted molar refractivity (Wildman–Crippen MR) is 142 cm³/mol. The van der Waals surface area contributed by atoms with Crippen LogP contribution in [0.4, 0.5) is 0 Å². The zero-order chi connectivity index (χ0) is 27.2. The summed E-state index contributed by atoms with van der Waals surface area (Å²) in [7, 11) is 0. The highest BCUT2D eigenvalue weighted by molar-refractivity contribution is 5.88. The van der Waals surface area contributed by atoms with Crippen molar-refractivity contribution in [2.75, 3.05) is 19.8 Å². The molecule has 5 N–H and O–H groups in total. The molecule has 0 bridgehead atoms. The SMILES string of the molecule is CC(C)(N)C(=O)N[C@H](COCc1ccccc1)c1nnc2n1CCC(C(=O)NCCO)(c1ccccc1)C2. The summed E-state index contributed by atoms with van der Waals surface area (Å²) in [4.78, 5) is 26.2. The lowest BCUT2D eigenvalue weighted by molar-refractivity contribution is -0.128. The van der Waals surface area contributed by atoms with Crippen molar-refractivity contribution in [2.45, 2.75) is 56.8 Å². The molecule has 0 saturated heterocycles. The van der Waals surface area contributed by atoms with Crippen LogP contribution in [0.3, 0.4) is 0 Å². The van der Waals surface area contributed by atoms with Gasteiger partial charge in [0.2, 0.25) is 11.8 Å². The quantitative estimate of drug-likeness (QED) is 0.299. The smallest absolute Gasteiger partial charge is 0.240 e. The maximum atomic E-state index is 13.4. The Morgan fingerprint density at radius 1 is 1.13 bits per heavy atom. The van der Waals surface area contributed by atoms with Crippen molar-refractivity contribution in [2.24, 2.45) is 5.73 Å². The number of nitrogens with zero attached hydrogens (tertiary/aromatic N) is 3. The number of rotatable bonds is 11. The third kappa shape index (κ3) is 6.09. The third-order valence-electron chi connectivity index (χ3n) is 6.83. The molecule has 4 rings (SSSR count). The minimum absolute atomic E-state index is 0.140. The van der Waals surface area contributed by atoms with Crippen molar-refractivity contribution in [3.8, 4) is 0 Å². The molecule has 2 atom stereocenters. The summed E-state index contributed by atoms with van der Waals surface area (Å²) in [6.45, 7) is 4.34. The van der Waals surface area contributed by atoms with Crippen LogP contribution >= 0.6 is 0 Å². The lowest BCUT2D eigenvalue weighted by atomic mass is 9.72. The fraction of sp³-hybridized carbons (Fsp3) is 0.429. The van der Waals surface area contributed by atoms with Crippen molar-refractivity contribution in [1.82, 2.24) is 25.4 Å². The lowest BCUT2D eigenvalue weighted by Crippen LogP contribution is -2.51. The molecule has 1 aliphatic heterocycles. The fourth-order valence-corrected chi connectivity index (χ4v) is 4.70. The molecule has 2 amide bonds. The number of amides is 2. The van der Waals surface area contributed by atoms with Crippen LogP contribution < -0.4 is 16.4 Å².